The molecule has 0 spiro atoms. The van der Waals surface area contributed by atoms with Gasteiger partial charge in [0.15, 0.2) is 0 Å². The highest BCUT2D eigenvalue weighted by Crippen LogP contribution is 2.14. The Kier molecular flexibility index (Phi) is 7.69. The van der Waals surface area contributed by atoms with E-state index in [0.29, 0.717) is 26.0 Å². The number of hydrogen-bond donors (Lipinski definition) is 1. The molecular weight excluding hydrogens is 306 g/mol. The van der Waals surface area contributed by atoms with Gasteiger partial charge in [-0.25, -0.2) is 4.79 Å². The predicted molar refractivity (Wildman–Crippen MR) is 90.4 cm³/mol. The van der Waals surface area contributed by atoms with Crippen LogP contribution in [0.2, 0.25) is 0 Å². The second-order valence-corrected chi connectivity index (χ2v) is 5.66. The number of ether oxygens (including phenoxy) is 2. The Morgan fingerprint density at radius 3 is 2.62 bits per heavy atom. The number of esters is 1. The third kappa shape index (κ3) is 6.33. The van der Waals surface area contributed by atoms with E-state index in [9.17, 15) is 9.59 Å². The van der Waals surface area contributed by atoms with E-state index in [1.54, 1.807) is 0 Å². The largest absolute Gasteiger partial charge is 0.481 e. The molecule has 0 saturated carbocycles. The molecule has 3 rings (SSSR count). The minimum Gasteiger partial charge on any atom is -0.481 e. The van der Waals surface area contributed by atoms with Gasteiger partial charge in [-0.1, -0.05) is 36.8 Å². The van der Waals surface area contributed by atoms with Crippen LogP contribution in [0.3, 0.4) is 0 Å². The van der Waals surface area contributed by atoms with E-state index in [1.807, 2.05) is 24.3 Å². The van der Waals surface area contributed by atoms with Crippen LogP contribution in [-0.4, -0.2) is 31.6 Å². The molecule has 2 aliphatic rings. The van der Waals surface area contributed by atoms with Gasteiger partial charge in [-0.2, -0.15) is 0 Å². The van der Waals surface area contributed by atoms with Gasteiger partial charge < -0.3 is 14.8 Å². The molecule has 5 heteroatoms. The van der Waals surface area contributed by atoms with Crippen LogP contribution < -0.4 is 10.1 Å². The lowest BCUT2D eigenvalue weighted by Gasteiger charge is -2.15. The van der Waals surface area contributed by atoms with Crippen LogP contribution in [0.4, 0.5) is 0 Å². The number of carbonyl (C=O) groups is 2. The number of nitrogens with one attached hydrogen (secondary N) is 1. The summed E-state index contributed by atoms with van der Waals surface area (Å²) in [5.41, 5.74) is 0.922. The number of carbonyl (C=O) groups excluding carboxylic acids is 2. The van der Waals surface area contributed by atoms with E-state index in [0.717, 1.165) is 43.4 Å². The maximum atomic E-state index is 12.1. The minimum absolute atomic E-state index is 0.376. The molecule has 2 heterocycles. The van der Waals surface area contributed by atoms with Gasteiger partial charge in [-0.3, -0.25) is 4.79 Å². The van der Waals surface area contributed by atoms with Crippen molar-refractivity contribution in [2.24, 2.45) is 0 Å². The van der Waals surface area contributed by atoms with Crippen LogP contribution in [0.5, 0.6) is 5.75 Å². The fraction of sp³-hybridized carbons (Fsp3) is 0.474. The van der Waals surface area contributed by atoms with Crippen molar-refractivity contribution in [2.75, 3.05) is 13.2 Å². The third-order valence-corrected chi connectivity index (χ3v) is 3.79. The fourth-order valence-corrected chi connectivity index (χ4v) is 2.45. The summed E-state index contributed by atoms with van der Waals surface area (Å²) in [6, 6.07) is 6.75. The van der Waals surface area contributed by atoms with E-state index >= 15 is 0 Å². The van der Waals surface area contributed by atoms with Crippen molar-refractivity contribution >= 4 is 12.4 Å². The smallest absolute Gasteiger partial charge is 0.328 e. The van der Waals surface area contributed by atoms with Crippen molar-refractivity contribution in [3.8, 4) is 17.6 Å². The summed E-state index contributed by atoms with van der Waals surface area (Å²) in [5, 5.41) is 2.54. The summed E-state index contributed by atoms with van der Waals surface area (Å²) in [6.45, 7) is 0.759. The Balaban J connectivity index is 2.05. The molecule has 1 aromatic rings. The van der Waals surface area contributed by atoms with Crippen LogP contribution in [0.15, 0.2) is 24.3 Å². The van der Waals surface area contributed by atoms with Crippen LogP contribution in [0, 0.1) is 11.8 Å². The third-order valence-electron chi connectivity index (χ3n) is 3.79. The first-order chi connectivity index (χ1) is 11.8. The highest BCUT2D eigenvalue weighted by atomic mass is 16.5. The first kappa shape index (κ1) is 17.9. The first-order valence-electron chi connectivity index (χ1n) is 8.33. The summed E-state index contributed by atoms with van der Waals surface area (Å²) in [5.74, 6) is 6.46. The standard InChI is InChI=1S/C19H23NO4/c21-15-20-18-14-16-8-10-17(11-9-16)23-12-6-4-2-1-3-5-7-13-24-19(18)22/h8-11,15,18H,1-3,5,7,12-14H2,(H,20,21). The van der Waals surface area contributed by atoms with Crippen molar-refractivity contribution in [3.63, 3.8) is 0 Å². The topological polar surface area (TPSA) is 64.6 Å². The molecule has 0 aliphatic carbocycles. The van der Waals surface area contributed by atoms with Crippen molar-refractivity contribution < 1.29 is 19.1 Å². The van der Waals surface area contributed by atoms with Gasteiger partial charge in [0.05, 0.1) is 6.61 Å². The molecule has 2 aliphatic heterocycles. The Bertz CT molecular complexity index is 586. The first-order valence-corrected chi connectivity index (χ1v) is 8.33. The van der Waals surface area contributed by atoms with Crippen LogP contribution in [0.25, 0.3) is 0 Å². The normalized spacial score (nSPS) is 19.7. The maximum absolute atomic E-state index is 12.1. The van der Waals surface area contributed by atoms with Gasteiger partial charge in [-0.05, 0) is 30.5 Å². The van der Waals surface area contributed by atoms with E-state index < -0.39 is 12.0 Å². The van der Waals surface area contributed by atoms with Crippen molar-refractivity contribution in [1.82, 2.24) is 5.32 Å². The van der Waals surface area contributed by atoms with Crippen LogP contribution in [-0.2, 0) is 20.7 Å². The summed E-state index contributed by atoms with van der Waals surface area (Å²) in [7, 11) is 0. The van der Waals surface area contributed by atoms with Gasteiger partial charge in [0.2, 0.25) is 6.41 Å². The molecule has 2 bridgehead atoms. The number of hydrogen-bond acceptors (Lipinski definition) is 4. The molecule has 1 aromatic carbocycles. The number of amides is 1. The van der Waals surface area contributed by atoms with Crippen LogP contribution in [0.1, 0.15) is 37.7 Å². The van der Waals surface area contributed by atoms with Crippen LogP contribution >= 0.6 is 0 Å². The monoisotopic (exact) mass is 329 g/mol. The molecular formula is C19H23NO4. The lowest BCUT2D eigenvalue weighted by molar-refractivity contribution is -0.147. The molecule has 0 radical (unpaired) electrons. The summed E-state index contributed by atoms with van der Waals surface area (Å²) in [6.07, 6.45) is 5.69. The molecule has 1 N–H and O–H groups in total. The second-order valence-electron chi connectivity index (χ2n) is 5.66. The fourth-order valence-electron chi connectivity index (χ4n) is 2.45. The molecule has 0 saturated heterocycles. The van der Waals surface area contributed by atoms with Gasteiger partial charge >= 0.3 is 5.97 Å². The van der Waals surface area contributed by atoms with Crippen molar-refractivity contribution in [2.45, 2.75) is 44.6 Å². The lowest BCUT2D eigenvalue weighted by atomic mass is 10.1. The van der Waals surface area contributed by atoms with E-state index in [2.05, 4.69) is 17.2 Å². The highest BCUT2D eigenvalue weighted by Gasteiger charge is 2.19. The number of rotatable bonds is 2. The quantitative estimate of drug-likeness (QED) is 0.513. The van der Waals surface area contributed by atoms with Gasteiger partial charge in [-0.15, -0.1) is 0 Å². The predicted octanol–water partition coefficient (Wildman–Crippen LogP) is 2.23. The molecule has 1 atom stereocenters. The Labute approximate surface area is 142 Å². The molecule has 1 unspecified atom stereocenters. The van der Waals surface area contributed by atoms with E-state index in [1.165, 1.54) is 0 Å². The number of benzene rings is 1. The van der Waals surface area contributed by atoms with E-state index in [4.69, 9.17) is 9.47 Å². The molecule has 128 valence electrons. The highest BCUT2D eigenvalue weighted by molar-refractivity contribution is 5.78. The summed E-state index contributed by atoms with van der Waals surface area (Å²) < 4.78 is 10.8. The summed E-state index contributed by atoms with van der Waals surface area (Å²) >= 11 is 0. The Morgan fingerprint density at radius 2 is 1.83 bits per heavy atom. The lowest BCUT2D eigenvalue weighted by Crippen LogP contribution is -2.39. The zero-order valence-corrected chi connectivity index (χ0v) is 13.8. The average molecular weight is 329 g/mol. The Morgan fingerprint density at radius 1 is 1.04 bits per heavy atom. The zero-order chi connectivity index (χ0) is 17.0. The van der Waals surface area contributed by atoms with Gasteiger partial charge in [0.25, 0.3) is 0 Å². The minimum atomic E-state index is -0.668. The molecule has 5 nitrogen and oxygen atoms in total. The summed E-state index contributed by atoms with van der Waals surface area (Å²) in [4.78, 5) is 22.9. The maximum Gasteiger partial charge on any atom is 0.328 e. The SMILES string of the molecule is O=CNC1Cc2ccc(cc2)OCC#CCCCCCCOC1=O. The average Bonchev–Trinajstić information content (AvgIpc) is 2.59. The van der Waals surface area contributed by atoms with Crippen molar-refractivity contribution in [3.05, 3.63) is 29.8 Å². The molecule has 0 fully saturated rings. The molecule has 0 aromatic heterocycles. The second kappa shape index (κ2) is 10.3. The Hall–Kier alpha value is -2.48. The van der Waals surface area contributed by atoms with Crippen molar-refractivity contribution in [1.29, 1.82) is 0 Å². The number of fused-ring (bicyclic) bond motifs is 14. The zero-order valence-electron chi connectivity index (χ0n) is 13.8. The molecule has 1 amide bonds. The van der Waals surface area contributed by atoms with Gasteiger partial charge in [0.1, 0.15) is 18.4 Å². The van der Waals surface area contributed by atoms with Gasteiger partial charge in [0, 0.05) is 12.8 Å². The molecule has 24 heavy (non-hydrogen) atoms. The van der Waals surface area contributed by atoms with E-state index in [-0.39, 0.29) is 0 Å².